The maximum absolute atomic E-state index is 11.8. The Hall–Kier alpha value is -1.69. The van der Waals surface area contributed by atoms with Gasteiger partial charge >= 0.3 is 0 Å². The average Bonchev–Trinajstić information content (AvgIpc) is 2.40. The van der Waals surface area contributed by atoms with Gasteiger partial charge in [-0.05, 0) is 26.0 Å². The lowest BCUT2D eigenvalue weighted by atomic mass is 10.3. The van der Waals surface area contributed by atoms with Crippen molar-refractivity contribution in [3.05, 3.63) is 23.9 Å². The first-order valence-electron chi connectivity index (χ1n) is 6.36. The molecule has 1 aromatic rings. The van der Waals surface area contributed by atoms with Crippen molar-refractivity contribution in [2.75, 3.05) is 25.0 Å². The minimum absolute atomic E-state index is 0.150. The van der Waals surface area contributed by atoms with E-state index in [-0.39, 0.29) is 5.91 Å². The van der Waals surface area contributed by atoms with Gasteiger partial charge in [0.05, 0.1) is 0 Å². The molecule has 0 saturated carbocycles. The molecule has 19 heavy (non-hydrogen) atoms. The van der Waals surface area contributed by atoms with Crippen LogP contribution in [0.4, 0.5) is 5.82 Å². The van der Waals surface area contributed by atoms with Gasteiger partial charge in [-0.3, -0.25) is 4.79 Å². The maximum atomic E-state index is 11.8. The largest absolute Gasteiger partial charge is 0.389 e. The van der Waals surface area contributed by atoms with E-state index in [9.17, 15) is 4.79 Å². The van der Waals surface area contributed by atoms with E-state index in [4.69, 9.17) is 18.0 Å². The molecule has 1 aromatic heterocycles. The number of pyridine rings is 1. The van der Waals surface area contributed by atoms with E-state index in [2.05, 4.69) is 10.3 Å². The lowest BCUT2D eigenvalue weighted by molar-refractivity contribution is -0.130. The SMILES string of the molecule is CCN(CC)C(=O)CCNc1ccc(C(N)=S)cn1. The smallest absolute Gasteiger partial charge is 0.224 e. The summed E-state index contributed by atoms with van der Waals surface area (Å²) in [6, 6.07) is 3.61. The van der Waals surface area contributed by atoms with Crippen molar-refractivity contribution in [3.8, 4) is 0 Å². The van der Waals surface area contributed by atoms with Crippen molar-refractivity contribution < 1.29 is 4.79 Å². The molecule has 0 aliphatic carbocycles. The van der Waals surface area contributed by atoms with Crippen LogP contribution in [0.1, 0.15) is 25.8 Å². The van der Waals surface area contributed by atoms with Crippen LogP contribution in [0.15, 0.2) is 18.3 Å². The molecular weight excluding hydrogens is 260 g/mol. The topological polar surface area (TPSA) is 71.2 Å². The van der Waals surface area contributed by atoms with Crippen LogP contribution in [0.5, 0.6) is 0 Å². The standard InChI is InChI=1S/C13H20N4OS/c1-3-17(4-2)12(18)7-8-15-11-6-5-10(9-16-11)13(14)19/h5-6,9H,3-4,7-8H2,1-2H3,(H2,14,19)(H,15,16). The number of hydrogen-bond donors (Lipinski definition) is 2. The van der Waals surface area contributed by atoms with Crippen molar-refractivity contribution in [1.29, 1.82) is 0 Å². The Balaban J connectivity index is 2.41. The Labute approximate surface area is 119 Å². The third-order valence-electron chi connectivity index (χ3n) is 2.81. The van der Waals surface area contributed by atoms with Gasteiger partial charge in [-0.25, -0.2) is 4.98 Å². The lowest BCUT2D eigenvalue weighted by Crippen LogP contribution is -2.31. The molecule has 3 N–H and O–H groups in total. The molecule has 0 aliphatic heterocycles. The number of carbonyl (C=O) groups excluding carboxylic acids is 1. The number of anilines is 1. The summed E-state index contributed by atoms with van der Waals surface area (Å²) in [5.41, 5.74) is 6.22. The van der Waals surface area contributed by atoms with E-state index in [0.29, 0.717) is 23.8 Å². The summed E-state index contributed by atoms with van der Waals surface area (Å²) in [5.74, 6) is 0.865. The monoisotopic (exact) mass is 280 g/mol. The number of thiocarbonyl (C=S) groups is 1. The number of aromatic nitrogens is 1. The first-order valence-corrected chi connectivity index (χ1v) is 6.76. The van der Waals surface area contributed by atoms with Gasteiger partial charge < -0.3 is 16.0 Å². The van der Waals surface area contributed by atoms with Crippen molar-refractivity contribution >= 4 is 28.9 Å². The molecule has 0 unspecified atom stereocenters. The summed E-state index contributed by atoms with van der Waals surface area (Å²) in [4.78, 5) is 18.1. The molecule has 1 heterocycles. The molecule has 0 spiro atoms. The van der Waals surface area contributed by atoms with Gasteiger partial charge in [-0.1, -0.05) is 12.2 Å². The number of nitrogens with zero attached hydrogens (tertiary/aromatic N) is 2. The highest BCUT2D eigenvalue weighted by Crippen LogP contribution is 2.05. The van der Waals surface area contributed by atoms with Crippen molar-refractivity contribution in [2.45, 2.75) is 20.3 Å². The first-order chi connectivity index (χ1) is 9.08. The molecule has 0 bridgehead atoms. The molecule has 5 nitrogen and oxygen atoms in total. The molecule has 1 amide bonds. The Morgan fingerprint density at radius 3 is 2.58 bits per heavy atom. The van der Waals surface area contributed by atoms with Crippen LogP contribution >= 0.6 is 12.2 Å². The van der Waals surface area contributed by atoms with E-state index < -0.39 is 0 Å². The van der Waals surface area contributed by atoms with Gasteiger partial charge in [-0.15, -0.1) is 0 Å². The maximum Gasteiger partial charge on any atom is 0.224 e. The quantitative estimate of drug-likeness (QED) is 0.739. The van der Waals surface area contributed by atoms with Crippen LogP contribution in [0.3, 0.4) is 0 Å². The number of carbonyl (C=O) groups is 1. The number of nitrogens with two attached hydrogens (primary N) is 1. The molecule has 0 aromatic carbocycles. The first kappa shape index (κ1) is 15.4. The van der Waals surface area contributed by atoms with E-state index in [1.54, 1.807) is 12.3 Å². The van der Waals surface area contributed by atoms with Crippen LogP contribution in [0.25, 0.3) is 0 Å². The lowest BCUT2D eigenvalue weighted by Gasteiger charge is -2.18. The zero-order valence-electron chi connectivity index (χ0n) is 11.3. The van der Waals surface area contributed by atoms with Crippen molar-refractivity contribution in [2.24, 2.45) is 5.73 Å². The Morgan fingerprint density at radius 1 is 1.42 bits per heavy atom. The van der Waals surface area contributed by atoms with Gasteiger partial charge in [0.15, 0.2) is 0 Å². The third-order valence-corrected chi connectivity index (χ3v) is 3.04. The summed E-state index contributed by atoms with van der Waals surface area (Å²) >= 11 is 4.85. The number of amides is 1. The average molecular weight is 280 g/mol. The number of rotatable bonds is 7. The van der Waals surface area contributed by atoms with Crippen LogP contribution in [-0.2, 0) is 4.79 Å². The predicted octanol–water partition coefficient (Wildman–Crippen LogP) is 1.39. The van der Waals surface area contributed by atoms with Gasteiger partial charge in [0.1, 0.15) is 10.8 Å². The fourth-order valence-corrected chi connectivity index (χ4v) is 1.80. The van der Waals surface area contributed by atoms with Gasteiger partial charge in [-0.2, -0.15) is 0 Å². The fourth-order valence-electron chi connectivity index (χ4n) is 1.68. The molecule has 0 fully saturated rings. The summed E-state index contributed by atoms with van der Waals surface area (Å²) in [6.07, 6.45) is 2.08. The summed E-state index contributed by atoms with van der Waals surface area (Å²) in [5, 5.41) is 3.10. The third kappa shape index (κ3) is 4.82. The van der Waals surface area contributed by atoms with Gasteiger partial charge in [0, 0.05) is 37.8 Å². The Kier molecular flexibility index (Phi) is 6.21. The molecule has 104 valence electrons. The van der Waals surface area contributed by atoms with Crippen molar-refractivity contribution in [1.82, 2.24) is 9.88 Å². The van der Waals surface area contributed by atoms with E-state index in [0.717, 1.165) is 18.7 Å². The van der Waals surface area contributed by atoms with Crippen LogP contribution < -0.4 is 11.1 Å². The summed E-state index contributed by atoms with van der Waals surface area (Å²) < 4.78 is 0. The summed E-state index contributed by atoms with van der Waals surface area (Å²) in [7, 11) is 0. The highest BCUT2D eigenvalue weighted by molar-refractivity contribution is 7.80. The number of nitrogens with one attached hydrogen (secondary N) is 1. The molecular formula is C13H20N4OS. The van der Waals surface area contributed by atoms with Gasteiger partial charge in [0.2, 0.25) is 5.91 Å². The minimum Gasteiger partial charge on any atom is -0.389 e. The van der Waals surface area contributed by atoms with Crippen LogP contribution in [0.2, 0.25) is 0 Å². The second-order valence-electron chi connectivity index (χ2n) is 4.04. The number of hydrogen-bond acceptors (Lipinski definition) is 4. The molecule has 0 atom stereocenters. The minimum atomic E-state index is 0.150. The van der Waals surface area contributed by atoms with E-state index in [1.807, 2.05) is 24.8 Å². The Bertz CT molecular complexity index is 429. The Morgan fingerprint density at radius 2 is 2.11 bits per heavy atom. The molecule has 0 radical (unpaired) electrons. The predicted molar refractivity (Wildman–Crippen MR) is 81.2 cm³/mol. The fraction of sp³-hybridized carbons (Fsp3) is 0.462. The van der Waals surface area contributed by atoms with Crippen molar-refractivity contribution in [3.63, 3.8) is 0 Å². The van der Waals surface area contributed by atoms with Gasteiger partial charge in [0.25, 0.3) is 0 Å². The van der Waals surface area contributed by atoms with E-state index >= 15 is 0 Å². The summed E-state index contributed by atoms with van der Waals surface area (Å²) in [6.45, 7) is 6.01. The molecule has 0 saturated heterocycles. The molecule has 0 aliphatic rings. The molecule has 6 heteroatoms. The normalized spacial score (nSPS) is 10.0. The highest BCUT2D eigenvalue weighted by atomic mass is 32.1. The zero-order chi connectivity index (χ0) is 14.3. The van der Waals surface area contributed by atoms with E-state index in [1.165, 1.54) is 0 Å². The van der Waals surface area contributed by atoms with Crippen LogP contribution in [0, 0.1) is 0 Å². The second-order valence-corrected chi connectivity index (χ2v) is 4.48. The zero-order valence-corrected chi connectivity index (χ0v) is 12.2. The molecule has 1 rings (SSSR count). The second kappa shape index (κ2) is 7.68. The van der Waals surface area contributed by atoms with Crippen LogP contribution in [-0.4, -0.2) is 40.4 Å². The highest BCUT2D eigenvalue weighted by Gasteiger charge is 2.08.